The predicted octanol–water partition coefficient (Wildman–Crippen LogP) is 4.92. The predicted molar refractivity (Wildman–Crippen MR) is 88.1 cm³/mol. The average Bonchev–Trinajstić information content (AvgIpc) is 2.52. The quantitative estimate of drug-likeness (QED) is 0.722. The highest BCUT2D eigenvalue weighted by Crippen LogP contribution is 2.26. The molecule has 0 aliphatic rings. The van der Waals surface area contributed by atoms with E-state index in [9.17, 15) is 4.39 Å². The Kier molecular flexibility index (Phi) is 4.59. The number of rotatable bonds is 4. The van der Waals surface area contributed by atoms with Crippen LogP contribution < -0.4 is 4.90 Å². The molecule has 0 aliphatic heterocycles. The molecule has 0 radical (unpaired) electrons. The molecule has 21 heavy (non-hydrogen) atoms. The molecule has 0 unspecified atom stereocenters. The molecule has 0 fully saturated rings. The van der Waals surface area contributed by atoms with Crippen LogP contribution in [0.3, 0.4) is 0 Å². The third-order valence-corrected chi connectivity index (χ3v) is 3.83. The first-order chi connectivity index (χ1) is 10.1. The van der Waals surface area contributed by atoms with Gasteiger partial charge in [-0.2, -0.15) is 0 Å². The van der Waals surface area contributed by atoms with Crippen molar-refractivity contribution in [3.05, 3.63) is 59.1 Å². The second kappa shape index (κ2) is 6.41. The van der Waals surface area contributed by atoms with Crippen molar-refractivity contribution in [1.29, 1.82) is 0 Å². The van der Waals surface area contributed by atoms with Gasteiger partial charge in [0.05, 0.1) is 6.57 Å². The van der Waals surface area contributed by atoms with Gasteiger partial charge in [0.1, 0.15) is 6.67 Å². The zero-order valence-electron chi connectivity index (χ0n) is 12.7. The third kappa shape index (κ3) is 3.22. The molecule has 0 N–H and O–H groups in total. The Hall–Kier alpha value is -2.34. The standard InChI is InChI=1S/C18H19FN2/c1-13(14(2)20-3)15-5-6-17-12-18(21(4)10-9-19)8-7-16(17)11-15/h5-8,11-12H,9-10H2,1-2,4H3/b14-13-/i19-1. The first-order valence-corrected chi connectivity index (χ1v) is 6.93. The van der Waals surface area contributed by atoms with E-state index in [4.69, 9.17) is 6.57 Å². The van der Waals surface area contributed by atoms with Crippen molar-refractivity contribution in [3.8, 4) is 0 Å². The minimum Gasteiger partial charge on any atom is -0.372 e. The number of hydrogen-bond donors (Lipinski definition) is 0. The van der Waals surface area contributed by atoms with E-state index in [0.29, 0.717) is 12.2 Å². The van der Waals surface area contributed by atoms with Crippen molar-refractivity contribution < 1.29 is 4.39 Å². The van der Waals surface area contributed by atoms with Gasteiger partial charge in [-0.1, -0.05) is 18.2 Å². The average molecular weight is 281 g/mol. The summed E-state index contributed by atoms with van der Waals surface area (Å²) in [5.74, 6) is 0. The van der Waals surface area contributed by atoms with E-state index in [2.05, 4.69) is 23.0 Å². The number of alkyl halides is 1. The second-order valence-electron chi connectivity index (χ2n) is 5.18. The third-order valence-electron chi connectivity index (χ3n) is 3.83. The molecule has 0 saturated heterocycles. The Balaban J connectivity index is 2.43. The molecule has 0 bridgehead atoms. The van der Waals surface area contributed by atoms with Crippen molar-refractivity contribution in [2.24, 2.45) is 0 Å². The fraction of sp³-hybridized carbons (Fsp3) is 0.278. The molecule has 2 aromatic rings. The Morgan fingerprint density at radius 3 is 2.48 bits per heavy atom. The monoisotopic (exact) mass is 281 g/mol. The first kappa shape index (κ1) is 15.1. The summed E-state index contributed by atoms with van der Waals surface area (Å²) >= 11 is 0. The van der Waals surface area contributed by atoms with Crippen LogP contribution in [0.4, 0.5) is 10.1 Å². The summed E-state index contributed by atoms with van der Waals surface area (Å²) in [6.45, 7) is 10.9. The lowest BCUT2D eigenvalue weighted by Crippen LogP contribution is -2.19. The summed E-state index contributed by atoms with van der Waals surface area (Å²) in [6.07, 6.45) is 0. The van der Waals surface area contributed by atoms with E-state index in [0.717, 1.165) is 27.6 Å². The highest BCUT2D eigenvalue weighted by atomic mass is 18.2. The molecule has 2 nitrogen and oxygen atoms in total. The maximum atomic E-state index is 12.4. The Labute approximate surface area is 125 Å². The van der Waals surface area contributed by atoms with Crippen LogP contribution >= 0.6 is 0 Å². The number of nitrogens with zero attached hydrogens (tertiary/aromatic N) is 2. The van der Waals surface area contributed by atoms with Gasteiger partial charge in [0.2, 0.25) is 0 Å². The van der Waals surface area contributed by atoms with Gasteiger partial charge in [0.15, 0.2) is 5.70 Å². The van der Waals surface area contributed by atoms with Crippen molar-refractivity contribution in [2.75, 3.05) is 25.2 Å². The van der Waals surface area contributed by atoms with Gasteiger partial charge in [-0.25, -0.2) is 9.24 Å². The summed E-state index contributed by atoms with van der Waals surface area (Å²) in [5, 5.41) is 2.25. The molecule has 0 atom stereocenters. The molecule has 0 aliphatic carbocycles. The van der Waals surface area contributed by atoms with E-state index in [1.54, 1.807) is 0 Å². The summed E-state index contributed by atoms with van der Waals surface area (Å²) in [4.78, 5) is 5.39. The largest absolute Gasteiger partial charge is 0.372 e. The molecular weight excluding hydrogens is 262 g/mol. The zero-order valence-corrected chi connectivity index (χ0v) is 12.7. The van der Waals surface area contributed by atoms with Crippen molar-refractivity contribution in [1.82, 2.24) is 0 Å². The Morgan fingerprint density at radius 2 is 1.81 bits per heavy atom. The van der Waals surface area contributed by atoms with Gasteiger partial charge in [0.25, 0.3) is 0 Å². The lowest BCUT2D eigenvalue weighted by atomic mass is 10.0. The highest BCUT2D eigenvalue weighted by molar-refractivity contribution is 5.89. The minimum atomic E-state index is -0.354. The number of halogens is 1. The van der Waals surface area contributed by atoms with Gasteiger partial charge < -0.3 is 4.90 Å². The van der Waals surface area contributed by atoms with E-state index >= 15 is 0 Å². The number of hydrogen-bond acceptors (Lipinski definition) is 1. The Bertz CT molecular complexity index is 726. The van der Waals surface area contributed by atoms with Crippen LogP contribution in [0.5, 0.6) is 0 Å². The van der Waals surface area contributed by atoms with Crippen molar-refractivity contribution >= 4 is 22.0 Å². The molecule has 2 rings (SSSR count). The van der Waals surface area contributed by atoms with Crippen molar-refractivity contribution in [3.63, 3.8) is 0 Å². The van der Waals surface area contributed by atoms with Gasteiger partial charge in [-0.3, -0.25) is 0 Å². The lowest BCUT2D eigenvalue weighted by Gasteiger charge is -2.18. The van der Waals surface area contributed by atoms with Gasteiger partial charge in [-0.05, 0) is 54.0 Å². The van der Waals surface area contributed by atoms with Crippen molar-refractivity contribution in [2.45, 2.75) is 13.8 Å². The zero-order chi connectivity index (χ0) is 15.4. The maximum Gasteiger partial charge on any atom is 0.166 e. The van der Waals surface area contributed by atoms with E-state index in [1.807, 2.05) is 44.0 Å². The van der Waals surface area contributed by atoms with Crippen LogP contribution in [0.1, 0.15) is 19.4 Å². The highest BCUT2D eigenvalue weighted by Gasteiger charge is 2.05. The molecule has 0 heterocycles. The van der Waals surface area contributed by atoms with Crippen LogP contribution in [0.2, 0.25) is 0 Å². The molecule has 2 aromatic carbocycles. The molecule has 0 saturated carbocycles. The maximum absolute atomic E-state index is 12.4. The van der Waals surface area contributed by atoms with Crippen LogP contribution in [0.25, 0.3) is 21.2 Å². The number of benzene rings is 2. The Morgan fingerprint density at radius 1 is 1.14 bits per heavy atom. The SMILES string of the molecule is [C-]#[N+]/C(C)=C(/C)c1ccc2cc(N(C)CC[18F])ccc2c1. The number of allylic oxidation sites excluding steroid dienone is 2. The summed E-state index contributed by atoms with van der Waals surface area (Å²) < 4.78 is 12.4. The second-order valence-corrected chi connectivity index (χ2v) is 5.18. The number of anilines is 1. The van der Waals surface area contributed by atoms with E-state index in [1.165, 1.54) is 0 Å². The molecular formula is C18H19FN2. The normalized spacial score (nSPS) is 12.0. The summed E-state index contributed by atoms with van der Waals surface area (Å²) in [7, 11) is 1.89. The van der Waals surface area contributed by atoms with E-state index in [-0.39, 0.29) is 6.67 Å². The summed E-state index contributed by atoms with van der Waals surface area (Å²) in [5.41, 5.74) is 3.80. The van der Waals surface area contributed by atoms with Gasteiger partial charge in [0, 0.05) is 19.3 Å². The van der Waals surface area contributed by atoms with Crippen LogP contribution in [-0.4, -0.2) is 20.3 Å². The molecule has 108 valence electrons. The van der Waals surface area contributed by atoms with Crippen LogP contribution in [0.15, 0.2) is 42.1 Å². The molecule has 3 heteroatoms. The van der Waals surface area contributed by atoms with E-state index < -0.39 is 0 Å². The number of fused-ring (bicyclic) bond motifs is 1. The topological polar surface area (TPSA) is 7.60 Å². The smallest absolute Gasteiger partial charge is 0.166 e. The van der Waals surface area contributed by atoms with Gasteiger partial charge >= 0.3 is 0 Å². The fourth-order valence-corrected chi connectivity index (χ4v) is 2.25. The molecule has 0 spiro atoms. The minimum absolute atomic E-state index is 0.354. The molecule has 0 aromatic heterocycles. The van der Waals surface area contributed by atoms with Gasteiger partial charge in [-0.15, -0.1) is 0 Å². The van der Waals surface area contributed by atoms with Crippen LogP contribution in [0, 0.1) is 6.57 Å². The van der Waals surface area contributed by atoms with Crippen LogP contribution in [-0.2, 0) is 0 Å². The first-order valence-electron chi connectivity index (χ1n) is 6.93. The lowest BCUT2D eigenvalue weighted by molar-refractivity contribution is 0.497. The summed E-state index contributed by atoms with van der Waals surface area (Å²) in [6, 6.07) is 12.3. The fourth-order valence-electron chi connectivity index (χ4n) is 2.25. The molecule has 0 amide bonds.